The number of rotatable bonds is 0. The van der Waals surface area contributed by atoms with Gasteiger partial charge in [0.1, 0.15) is 5.71 Å². The summed E-state index contributed by atoms with van der Waals surface area (Å²) < 4.78 is 0. The van der Waals surface area contributed by atoms with Crippen molar-refractivity contribution in [2.75, 3.05) is 5.75 Å². The predicted octanol–water partition coefficient (Wildman–Crippen LogP) is 2.42. The number of carbonyl (C=O) groups excluding carboxylic acids is 1. The van der Waals surface area contributed by atoms with Crippen LogP contribution < -0.4 is 0 Å². The molecule has 0 amide bonds. The lowest BCUT2D eigenvalue weighted by Gasteiger charge is -2.17. The molecular formula is C11H11NO2S. The molecule has 0 atom stereocenters. The van der Waals surface area contributed by atoms with E-state index in [0.717, 1.165) is 16.0 Å². The lowest BCUT2D eigenvalue weighted by Crippen LogP contribution is -2.23. The maximum absolute atomic E-state index is 11.9. The molecule has 78 valence electrons. The topological polar surface area (TPSA) is 49.7 Å². The van der Waals surface area contributed by atoms with Crippen LogP contribution in [-0.2, 0) is 0 Å². The SMILES string of the molecule is Cc1cc(C)c2c(c1)SCC(=NO)C2=O. The van der Waals surface area contributed by atoms with E-state index in [1.807, 2.05) is 26.0 Å². The summed E-state index contributed by atoms with van der Waals surface area (Å²) >= 11 is 1.54. The van der Waals surface area contributed by atoms with E-state index in [-0.39, 0.29) is 11.5 Å². The Hall–Kier alpha value is -1.29. The maximum Gasteiger partial charge on any atom is 0.212 e. The van der Waals surface area contributed by atoms with Crippen molar-refractivity contribution in [2.24, 2.45) is 5.16 Å². The molecule has 0 aliphatic carbocycles. The second-order valence-electron chi connectivity index (χ2n) is 3.62. The molecule has 1 N–H and O–H groups in total. The molecule has 4 heteroatoms. The summed E-state index contributed by atoms with van der Waals surface area (Å²) in [5, 5.41) is 11.7. The second-order valence-corrected chi connectivity index (χ2v) is 4.64. The summed E-state index contributed by atoms with van der Waals surface area (Å²) in [6.07, 6.45) is 0. The minimum atomic E-state index is -0.149. The molecule has 0 bridgehead atoms. The number of Topliss-reactive ketones (excluding diaryl/α,β-unsaturated/α-hetero) is 1. The number of aryl methyl sites for hydroxylation is 2. The van der Waals surface area contributed by atoms with Crippen molar-refractivity contribution < 1.29 is 10.0 Å². The third-order valence-corrected chi connectivity index (χ3v) is 3.47. The van der Waals surface area contributed by atoms with E-state index in [4.69, 9.17) is 5.21 Å². The average Bonchev–Trinajstić information content (AvgIpc) is 2.17. The highest BCUT2D eigenvalue weighted by Crippen LogP contribution is 2.32. The van der Waals surface area contributed by atoms with Crippen molar-refractivity contribution in [3.8, 4) is 0 Å². The molecule has 1 aromatic carbocycles. The molecule has 3 nitrogen and oxygen atoms in total. The van der Waals surface area contributed by atoms with Crippen molar-refractivity contribution in [3.63, 3.8) is 0 Å². The van der Waals surface area contributed by atoms with Gasteiger partial charge >= 0.3 is 0 Å². The van der Waals surface area contributed by atoms with Gasteiger partial charge < -0.3 is 5.21 Å². The number of benzene rings is 1. The van der Waals surface area contributed by atoms with Gasteiger partial charge in [-0.05, 0) is 31.0 Å². The van der Waals surface area contributed by atoms with Gasteiger partial charge in [0, 0.05) is 16.2 Å². The van der Waals surface area contributed by atoms with Crippen molar-refractivity contribution in [1.29, 1.82) is 0 Å². The first kappa shape index (κ1) is 10.2. The van der Waals surface area contributed by atoms with Gasteiger partial charge in [-0.1, -0.05) is 11.2 Å². The Morgan fingerprint density at radius 1 is 1.40 bits per heavy atom. The molecule has 1 aromatic rings. The van der Waals surface area contributed by atoms with Gasteiger partial charge in [0.2, 0.25) is 5.78 Å². The highest BCUT2D eigenvalue weighted by molar-refractivity contribution is 8.00. The Kier molecular flexibility index (Phi) is 2.52. The molecule has 0 aromatic heterocycles. The summed E-state index contributed by atoms with van der Waals surface area (Å²) in [7, 11) is 0. The quantitative estimate of drug-likeness (QED) is 0.540. The summed E-state index contributed by atoms with van der Waals surface area (Å²) in [5.41, 5.74) is 3.02. The average molecular weight is 221 g/mol. The lowest BCUT2D eigenvalue weighted by atomic mass is 9.99. The number of oxime groups is 1. The summed E-state index contributed by atoms with van der Waals surface area (Å²) in [6.45, 7) is 3.92. The van der Waals surface area contributed by atoms with E-state index in [0.29, 0.717) is 11.3 Å². The molecule has 1 heterocycles. The second kappa shape index (κ2) is 3.70. The predicted molar refractivity (Wildman–Crippen MR) is 60.2 cm³/mol. The number of thioether (sulfide) groups is 1. The van der Waals surface area contributed by atoms with Crippen molar-refractivity contribution in [1.82, 2.24) is 0 Å². The van der Waals surface area contributed by atoms with Crippen LogP contribution in [0.25, 0.3) is 0 Å². The first-order valence-electron chi connectivity index (χ1n) is 4.63. The van der Waals surface area contributed by atoms with Gasteiger partial charge in [0.05, 0.1) is 0 Å². The van der Waals surface area contributed by atoms with E-state index < -0.39 is 0 Å². The van der Waals surface area contributed by atoms with Gasteiger partial charge in [-0.15, -0.1) is 11.8 Å². The number of fused-ring (bicyclic) bond motifs is 1. The van der Waals surface area contributed by atoms with E-state index >= 15 is 0 Å². The Bertz CT molecular complexity index is 466. The number of carbonyl (C=O) groups is 1. The van der Waals surface area contributed by atoms with Gasteiger partial charge in [0.25, 0.3) is 0 Å². The van der Waals surface area contributed by atoms with Crippen LogP contribution in [0.5, 0.6) is 0 Å². The number of hydrogen-bond donors (Lipinski definition) is 1. The molecule has 0 saturated carbocycles. The normalized spacial score (nSPS) is 18.0. The zero-order valence-electron chi connectivity index (χ0n) is 8.57. The Labute approximate surface area is 92.2 Å². The van der Waals surface area contributed by atoms with E-state index in [9.17, 15) is 4.79 Å². The Morgan fingerprint density at radius 3 is 2.80 bits per heavy atom. The molecule has 0 unspecified atom stereocenters. The van der Waals surface area contributed by atoms with Crippen LogP contribution in [0.3, 0.4) is 0 Å². The first-order chi connectivity index (χ1) is 7.13. The Morgan fingerprint density at radius 2 is 2.13 bits per heavy atom. The molecule has 0 radical (unpaired) electrons. The molecule has 0 fully saturated rings. The largest absolute Gasteiger partial charge is 0.411 e. The van der Waals surface area contributed by atoms with Gasteiger partial charge in [-0.25, -0.2) is 0 Å². The highest BCUT2D eigenvalue weighted by Gasteiger charge is 2.26. The number of hydrogen-bond acceptors (Lipinski definition) is 4. The summed E-state index contributed by atoms with van der Waals surface area (Å²) in [5.74, 6) is 0.300. The van der Waals surface area contributed by atoms with Crippen molar-refractivity contribution in [2.45, 2.75) is 18.7 Å². The van der Waals surface area contributed by atoms with Gasteiger partial charge in [-0.2, -0.15) is 0 Å². The van der Waals surface area contributed by atoms with Crippen molar-refractivity contribution in [3.05, 3.63) is 28.8 Å². The third kappa shape index (κ3) is 1.65. The summed E-state index contributed by atoms with van der Waals surface area (Å²) in [6, 6.07) is 3.97. The molecule has 1 aliphatic heterocycles. The van der Waals surface area contributed by atoms with Crippen LogP contribution >= 0.6 is 11.8 Å². The van der Waals surface area contributed by atoms with Crippen LogP contribution in [0.1, 0.15) is 21.5 Å². The van der Waals surface area contributed by atoms with Gasteiger partial charge in [-0.3, -0.25) is 4.79 Å². The number of ketones is 1. The minimum Gasteiger partial charge on any atom is -0.411 e. The maximum atomic E-state index is 11.9. The fraction of sp³-hybridized carbons (Fsp3) is 0.273. The standard InChI is InChI=1S/C11H11NO2S/c1-6-3-7(2)10-9(4-6)15-5-8(12-14)11(10)13/h3-4,14H,5H2,1-2H3. The van der Waals surface area contributed by atoms with Crippen LogP contribution in [0, 0.1) is 13.8 Å². The molecular weight excluding hydrogens is 210 g/mol. The van der Waals surface area contributed by atoms with Crippen molar-refractivity contribution >= 4 is 23.3 Å². The minimum absolute atomic E-state index is 0.149. The molecule has 15 heavy (non-hydrogen) atoms. The fourth-order valence-corrected chi connectivity index (χ4v) is 2.91. The van der Waals surface area contributed by atoms with Crippen LogP contribution in [0.2, 0.25) is 0 Å². The summed E-state index contributed by atoms with van der Waals surface area (Å²) in [4.78, 5) is 12.9. The van der Waals surface area contributed by atoms with Gasteiger partial charge in [0.15, 0.2) is 0 Å². The lowest BCUT2D eigenvalue weighted by molar-refractivity contribution is 0.105. The Balaban J connectivity index is 2.62. The van der Waals surface area contributed by atoms with E-state index in [1.165, 1.54) is 0 Å². The third-order valence-electron chi connectivity index (χ3n) is 2.42. The molecule has 2 rings (SSSR count). The van der Waals surface area contributed by atoms with Crippen LogP contribution in [0.15, 0.2) is 22.2 Å². The molecule has 1 aliphatic rings. The first-order valence-corrected chi connectivity index (χ1v) is 5.61. The van der Waals surface area contributed by atoms with Crippen LogP contribution in [0.4, 0.5) is 0 Å². The van der Waals surface area contributed by atoms with E-state index in [2.05, 4.69) is 5.16 Å². The molecule has 0 spiro atoms. The zero-order valence-corrected chi connectivity index (χ0v) is 9.39. The zero-order chi connectivity index (χ0) is 11.0. The van der Waals surface area contributed by atoms with E-state index in [1.54, 1.807) is 11.8 Å². The number of nitrogens with zero attached hydrogens (tertiary/aromatic N) is 1. The molecule has 0 saturated heterocycles. The highest BCUT2D eigenvalue weighted by atomic mass is 32.2. The smallest absolute Gasteiger partial charge is 0.212 e. The monoisotopic (exact) mass is 221 g/mol. The van der Waals surface area contributed by atoms with Crippen LogP contribution in [-0.4, -0.2) is 22.5 Å². The fourth-order valence-electron chi connectivity index (χ4n) is 1.76.